The summed E-state index contributed by atoms with van der Waals surface area (Å²) < 4.78 is 68.9. The number of piperidine rings is 1. The summed E-state index contributed by atoms with van der Waals surface area (Å²) in [5, 5.41) is 6.95. The molecule has 0 aromatic carbocycles. The molecule has 0 radical (unpaired) electrons. The first-order chi connectivity index (χ1) is 18.6. The van der Waals surface area contributed by atoms with E-state index in [-0.39, 0.29) is 56.2 Å². The SMILES string of the molecule is CC.O=C(c1ccncc1)N1Cc2[nH]nc(C(=O)N3CCC(C4=CC=C(F)CC(F)=C4C(F)(F)F)CC3)c2C1. The molecule has 1 aliphatic carbocycles. The molecule has 1 fully saturated rings. The molecule has 208 valence electrons. The van der Waals surface area contributed by atoms with Crippen molar-refractivity contribution in [3.05, 3.63) is 82.0 Å². The largest absolute Gasteiger partial charge is 0.419 e. The number of aromatic amines is 1. The summed E-state index contributed by atoms with van der Waals surface area (Å²) in [5.74, 6) is -3.82. The molecule has 4 heterocycles. The third kappa shape index (κ3) is 5.79. The number of H-pyrrole nitrogens is 1. The third-order valence-electron chi connectivity index (χ3n) is 6.90. The third-order valence-corrected chi connectivity index (χ3v) is 6.90. The topological polar surface area (TPSA) is 82.2 Å². The highest BCUT2D eigenvalue weighted by atomic mass is 19.4. The Kier molecular flexibility index (Phi) is 8.31. The molecule has 0 spiro atoms. The van der Waals surface area contributed by atoms with Gasteiger partial charge in [-0.25, -0.2) is 8.78 Å². The van der Waals surface area contributed by atoms with Crippen LogP contribution >= 0.6 is 0 Å². The molecule has 0 saturated carbocycles. The minimum absolute atomic E-state index is 0.126. The Labute approximate surface area is 222 Å². The van der Waals surface area contributed by atoms with E-state index in [0.29, 0.717) is 16.8 Å². The first-order valence-electron chi connectivity index (χ1n) is 12.7. The normalized spacial score (nSPS) is 18.1. The van der Waals surface area contributed by atoms with Crippen LogP contribution in [0.5, 0.6) is 0 Å². The Morgan fingerprint density at radius 1 is 0.974 bits per heavy atom. The first kappa shape index (κ1) is 28.2. The summed E-state index contributed by atoms with van der Waals surface area (Å²) in [7, 11) is 0. The number of nitrogens with zero attached hydrogens (tertiary/aromatic N) is 4. The number of nitrogens with one attached hydrogen (secondary N) is 1. The lowest BCUT2D eigenvalue weighted by Crippen LogP contribution is -2.40. The van der Waals surface area contributed by atoms with Crippen molar-refractivity contribution in [3.63, 3.8) is 0 Å². The maximum Gasteiger partial charge on any atom is 0.419 e. The van der Waals surface area contributed by atoms with E-state index in [9.17, 15) is 31.5 Å². The Bertz CT molecular complexity index is 1320. The average molecular weight is 550 g/mol. The van der Waals surface area contributed by atoms with Gasteiger partial charge in [0.2, 0.25) is 0 Å². The second kappa shape index (κ2) is 11.5. The molecule has 0 atom stereocenters. The Hall–Kier alpha value is -3.83. The zero-order chi connectivity index (χ0) is 28.3. The molecule has 7 nitrogen and oxygen atoms in total. The molecule has 0 unspecified atom stereocenters. The van der Waals surface area contributed by atoms with Crippen LogP contribution in [0.2, 0.25) is 0 Å². The maximum absolute atomic E-state index is 14.3. The maximum atomic E-state index is 14.3. The highest BCUT2D eigenvalue weighted by Gasteiger charge is 2.43. The molecule has 2 aromatic heterocycles. The van der Waals surface area contributed by atoms with E-state index >= 15 is 0 Å². The van der Waals surface area contributed by atoms with E-state index in [1.807, 2.05) is 13.8 Å². The molecule has 39 heavy (non-hydrogen) atoms. The number of carbonyl (C=O) groups is 2. The van der Waals surface area contributed by atoms with Crippen LogP contribution in [0.1, 0.15) is 65.2 Å². The number of alkyl halides is 3. The van der Waals surface area contributed by atoms with Gasteiger partial charge in [-0.2, -0.15) is 18.3 Å². The van der Waals surface area contributed by atoms with Crippen LogP contribution in [-0.2, 0) is 13.1 Å². The van der Waals surface area contributed by atoms with Gasteiger partial charge in [-0.3, -0.25) is 19.7 Å². The Balaban J connectivity index is 0.00000172. The number of pyridine rings is 1. The van der Waals surface area contributed by atoms with Gasteiger partial charge < -0.3 is 9.80 Å². The number of aromatic nitrogens is 3. The minimum Gasteiger partial charge on any atom is -0.337 e. The summed E-state index contributed by atoms with van der Waals surface area (Å²) in [6, 6.07) is 3.20. The van der Waals surface area contributed by atoms with Crippen LogP contribution in [0.4, 0.5) is 22.0 Å². The number of halogens is 5. The van der Waals surface area contributed by atoms with Crippen LogP contribution in [0.15, 0.2) is 59.5 Å². The molecule has 1 N–H and O–H groups in total. The summed E-state index contributed by atoms with van der Waals surface area (Å²) in [6.45, 7) is 4.70. The van der Waals surface area contributed by atoms with Crippen molar-refractivity contribution in [2.24, 2.45) is 5.92 Å². The van der Waals surface area contributed by atoms with Gasteiger partial charge in [-0.05, 0) is 42.5 Å². The van der Waals surface area contributed by atoms with E-state index in [2.05, 4.69) is 15.2 Å². The second-order valence-corrected chi connectivity index (χ2v) is 9.18. The molecule has 2 aliphatic heterocycles. The first-order valence-corrected chi connectivity index (χ1v) is 12.7. The summed E-state index contributed by atoms with van der Waals surface area (Å²) in [6.07, 6.45) is -0.782. The van der Waals surface area contributed by atoms with E-state index in [1.54, 1.807) is 17.0 Å². The number of amides is 2. The lowest BCUT2D eigenvalue weighted by Gasteiger charge is -2.34. The van der Waals surface area contributed by atoms with Gasteiger partial charge in [0.25, 0.3) is 11.8 Å². The zero-order valence-electron chi connectivity index (χ0n) is 21.5. The Morgan fingerprint density at radius 2 is 1.64 bits per heavy atom. The molecule has 5 rings (SSSR count). The van der Waals surface area contributed by atoms with E-state index < -0.39 is 41.6 Å². The number of hydrogen-bond acceptors (Lipinski definition) is 4. The molecular formula is C27H28F5N5O2. The van der Waals surface area contributed by atoms with E-state index in [4.69, 9.17) is 0 Å². The smallest absolute Gasteiger partial charge is 0.337 e. The molecule has 3 aliphatic rings. The molecule has 0 bridgehead atoms. The van der Waals surface area contributed by atoms with Crippen molar-refractivity contribution in [2.45, 2.75) is 52.4 Å². The van der Waals surface area contributed by atoms with E-state index in [0.717, 1.165) is 12.2 Å². The zero-order valence-corrected chi connectivity index (χ0v) is 21.5. The summed E-state index contributed by atoms with van der Waals surface area (Å²) >= 11 is 0. The van der Waals surface area contributed by atoms with Crippen molar-refractivity contribution in [3.8, 4) is 0 Å². The standard InChI is InChI=1S/C25H22F5N5O2.C2H6/c26-16-1-2-17(21(19(27)11-16)25(28,29)30)14-5-9-34(10-6-14)24(37)22-18-12-35(13-20(18)32-33-22)23(36)15-3-7-31-8-4-15;1-2/h1-4,7-8,14H,5-6,9-13H2,(H,32,33);1-2H3. The molecular weight excluding hydrogens is 521 g/mol. The number of hydrogen-bond donors (Lipinski definition) is 1. The lowest BCUT2D eigenvalue weighted by atomic mass is 9.84. The van der Waals surface area contributed by atoms with Crippen molar-refractivity contribution >= 4 is 11.8 Å². The summed E-state index contributed by atoms with van der Waals surface area (Å²) in [4.78, 5) is 33.0. The van der Waals surface area contributed by atoms with Crippen molar-refractivity contribution in [2.75, 3.05) is 13.1 Å². The van der Waals surface area contributed by atoms with E-state index in [1.165, 1.54) is 17.3 Å². The van der Waals surface area contributed by atoms with Gasteiger partial charge in [0, 0.05) is 36.6 Å². The lowest BCUT2D eigenvalue weighted by molar-refractivity contribution is -0.0923. The van der Waals surface area contributed by atoms with Crippen LogP contribution in [-0.4, -0.2) is 56.1 Å². The predicted molar refractivity (Wildman–Crippen MR) is 132 cm³/mol. The van der Waals surface area contributed by atoms with Gasteiger partial charge in [0.1, 0.15) is 11.7 Å². The monoisotopic (exact) mass is 549 g/mol. The number of allylic oxidation sites excluding steroid dienone is 6. The van der Waals surface area contributed by atoms with Crippen molar-refractivity contribution in [1.82, 2.24) is 25.0 Å². The van der Waals surface area contributed by atoms with Crippen molar-refractivity contribution < 1.29 is 31.5 Å². The fourth-order valence-electron chi connectivity index (χ4n) is 5.05. The minimum atomic E-state index is -4.96. The Morgan fingerprint density at radius 3 is 2.28 bits per heavy atom. The van der Waals surface area contributed by atoms with Gasteiger partial charge in [-0.15, -0.1) is 0 Å². The molecule has 1 saturated heterocycles. The number of fused-ring (bicyclic) bond motifs is 1. The highest BCUT2D eigenvalue weighted by Crippen LogP contribution is 2.43. The number of likely N-dealkylation sites (tertiary alicyclic amines) is 1. The van der Waals surface area contributed by atoms with Gasteiger partial charge >= 0.3 is 6.18 Å². The van der Waals surface area contributed by atoms with Gasteiger partial charge in [0.05, 0.1) is 30.8 Å². The number of carbonyl (C=O) groups excluding carboxylic acids is 2. The van der Waals surface area contributed by atoms with Crippen LogP contribution in [0, 0.1) is 5.92 Å². The molecule has 2 amide bonds. The molecule has 2 aromatic rings. The number of rotatable bonds is 3. The fraction of sp³-hybridized carbons (Fsp3) is 0.407. The molecule has 12 heteroatoms. The quantitative estimate of drug-likeness (QED) is 0.490. The highest BCUT2D eigenvalue weighted by molar-refractivity contribution is 5.96. The second-order valence-electron chi connectivity index (χ2n) is 9.18. The fourth-order valence-corrected chi connectivity index (χ4v) is 5.05. The van der Waals surface area contributed by atoms with Crippen LogP contribution in [0.3, 0.4) is 0 Å². The average Bonchev–Trinajstić information content (AvgIpc) is 3.48. The van der Waals surface area contributed by atoms with Crippen LogP contribution in [0.25, 0.3) is 0 Å². The van der Waals surface area contributed by atoms with Gasteiger partial charge in [0.15, 0.2) is 5.69 Å². The van der Waals surface area contributed by atoms with Gasteiger partial charge in [-0.1, -0.05) is 19.9 Å². The van der Waals surface area contributed by atoms with Crippen LogP contribution < -0.4 is 0 Å². The predicted octanol–water partition coefficient (Wildman–Crippen LogP) is 5.81. The van der Waals surface area contributed by atoms with Crippen molar-refractivity contribution in [1.29, 1.82) is 0 Å². The summed E-state index contributed by atoms with van der Waals surface area (Å²) in [5.41, 5.74) is 0.161.